The van der Waals surface area contributed by atoms with Crippen LogP contribution >= 0.6 is 11.3 Å². The van der Waals surface area contributed by atoms with Crippen LogP contribution in [0.25, 0.3) is 11.3 Å². The van der Waals surface area contributed by atoms with Crippen molar-refractivity contribution in [1.29, 1.82) is 0 Å². The minimum absolute atomic E-state index is 0.118. The van der Waals surface area contributed by atoms with Gasteiger partial charge < -0.3 is 28.7 Å². The summed E-state index contributed by atoms with van der Waals surface area (Å²) in [5.41, 5.74) is 4.18. The Morgan fingerprint density at radius 1 is 1.11 bits per heavy atom. The van der Waals surface area contributed by atoms with E-state index in [2.05, 4.69) is 9.88 Å². The standard InChI is InChI=1S/C25H30N4O5S/c1-28(25(30)34-14-18-15-35-16-26-18)19-8-10-29(11-9-19)23-7-5-6-20(27-23)17-12-21(31-2)24(33-4)22(13-17)32-3/h5-7,12-13,15-16,19H,8-11,14H2,1-4H3. The number of hydrogen-bond acceptors (Lipinski definition) is 9. The Morgan fingerprint density at radius 2 is 1.83 bits per heavy atom. The van der Waals surface area contributed by atoms with E-state index in [1.807, 2.05) is 35.7 Å². The fourth-order valence-electron chi connectivity index (χ4n) is 4.17. The molecule has 186 valence electrons. The largest absolute Gasteiger partial charge is 0.493 e. The number of thiazole rings is 1. The number of amides is 1. The second-order valence-electron chi connectivity index (χ2n) is 8.16. The van der Waals surface area contributed by atoms with Gasteiger partial charge in [0.2, 0.25) is 5.75 Å². The lowest BCUT2D eigenvalue weighted by Crippen LogP contribution is -2.46. The summed E-state index contributed by atoms with van der Waals surface area (Å²) in [6, 6.07) is 9.87. The third-order valence-corrected chi connectivity index (χ3v) is 6.78. The Bertz CT molecular complexity index is 1110. The van der Waals surface area contributed by atoms with E-state index in [0.29, 0.717) is 17.2 Å². The molecular formula is C25H30N4O5S. The van der Waals surface area contributed by atoms with Gasteiger partial charge in [0.05, 0.1) is 38.2 Å². The summed E-state index contributed by atoms with van der Waals surface area (Å²) in [4.78, 5) is 25.5. The number of nitrogens with zero attached hydrogens (tertiary/aromatic N) is 4. The van der Waals surface area contributed by atoms with Gasteiger partial charge in [0.1, 0.15) is 12.4 Å². The molecule has 10 heteroatoms. The first-order valence-electron chi connectivity index (χ1n) is 11.3. The maximum atomic E-state index is 12.5. The highest BCUT2D eigenvalue weighted by Crippen LogP contribution is 2.41. The van der Waals surface area contributed by atoms with Gasteiger partial charge in [-0.3, -0.25) is 0 Å². The number of anilines is 1. The second kappa shape index (κ2) is 11.3. The highest BCUT2D eigenvalue weighted by molar-refractivity contribution is 7.07. The van der Waals surface area contributed by atoms with Gasteiger partial charge in [0, 0.05) is 37.1 Å². The number of hydrogen-bond donors (Lipinski definition) is 0. The summed E-state index contributed by atoms with van der Waals surface area (Å²) < 4.78 is 21.8. The molecule has 3 heterocycles. The molecule has 35 heavy (non-hydrogen) atoms. The normalized spacial score (nSPS) is 13.9. The van der Waals surface area contributed by atoms with Crippen LogP contribution in [0.5, 0.6) is 17.2 Å². The number of ether oxygens (including phenoxy) is 4. The summed E-state index contributed by atoms with van der Waals surface area (Å²) in [5.74, 6) is 2.61. The summed E-state index contributed by atoms with van der Waals surface area (Å²) in [6.45, 7) is 1.78. The van der Waals surface area contributed by atoms with Gasteiger partial charge in [-0.05, 0) is 37.1 Å². The van der Waals surface area contributed by atoms with Crippen LogP contribution in [-0.2, 0) is 11.3 Å². The van der Waals surface area contributed by atoms with Crippen LogP contribution in [0.3, 0.4) is 0 Å². The van der Waals surface area contributed by atoms with Crippen molar-refractivity contribution in [2.75, 3.05) is 46.4 Å². The smallest absolute Gasteiger partial charge is 0.410 e. The number of carbonyl (C=O) groups is 1. The fourth-order valence-corrected chi connectivity index (χ4v) is 4.71. The summed E-state index contributed by atoms with van der Waals surface area (Å²) in [7, 11) is 6.58. The zero-order valence-corrected chi connectivity index (χ0v) is 21.2. The Morgan fingerprint density at radius 3 is 2.43 bits per heavy atom. The highest BCUT2D eigenvalue weighted by atomic mass is 32.1. The van der Waals surface area contributed by atoms with E-state index in [-0.39, 0.29) is 18.7 Å². The van der Waals surface area contributed by atoms with Crippen LogP contribution in [0, 0.1) is 0 Å². The van der Waals surface area contributed by atoms with Crippen LogP contribution in [-0.4, -0.2) is 68.5 Å². The molecule has 1 saturated heterocycles. The predicted molar refractivity (Wildman–Crippen MR) is 135 cm³/mol. The van der Waals surface area contributed by atoms with Gasteiger partial charge in [-0.1, -0.05) is 6.07 Å². The highest BCUT2D eigenvalue weighted by Gasteiger charge is 2.27. The van der Waals surface area contributed by atoms with Crippen molar-refractivity contribution in [2.45, 2.75) is 25.5 Å². The molecule has 0 radical (unpaired) electrons. The molecule has 1 fully saturated rings. The zero-order chi connectivity index (χ0) is 24.8. The second-order valence-corrected chi connectivity index (χ2v) is 8.88. The SMILES string of the molecule is COc1cc(-c2cccc(N3CCC(N(C)C(=O)OCc4cscn4)CC3)n2)cc(OC)c1OC. The maximum absolute atomic E-state index is 12.5. The molecule has 1 aliphatic rings. The third kappa shape index (κ3) is 5.59. The van der Waals surface area contributed by atoms with Crippen molar-refractivity contribution in [3.63, 3.8) is 0 Å². The van der Waals surface area contributed by atoms with Crippen LogP contribution in [0.4, 0.5) is 10.6 Å². The Labute approximate surface area is 209 Å². The number of benzene rings is 1. The van der Waals surface area contributed by atoms with Crippen LogP contribution < -0.4 is 19.1 Å². The molecular weight excluding hydrogens is 468 g/mol. The van der Waals surface area contributed by atoms with Gasteiger partial charge in [-0.15, -0.1) is 11.3 Å². The van der Waals surface area contributed by atoms with E-state index >= 15 is 0 Å². The summed E-state index contributed by atoms with van der Waals surface area (Å²) >= 11 is 1.48. The number of aromatic nitrogens is 2. The van der Waals surface area contributed by atoms with Gasteiger partial charge in [-0.25, -0.2) is 14.8 Å². The summed E-state index contributed by atoms with van der Waals surface area (Å²) in [5, 5.41) is 1.88. The van der Waals surface area contributed by atoms with Crippen molar-refractivity contribution in [3.8, 4) is 28.5 Å². The molecule has 0 N–H and O–H groups in total. The molecule has 1 amide bonds. The minimum Gasteiger partial charge on any atom is -0.493 e. The average Bonchev–Trinajstić information content (AvgIpc) is 3.44. The number of carbonyl (C=O) groups excluding carboxylic acids is 1. The van der Waals surface area contributed by atoms with Crippen molar-refractivity contribution in [2.24, 2.45) is 0 Å². The molecule has 9 nitrogen and oxygen atoms in total. The van der Waals surface area contributed by atoms with E-state index in [9.17, 15) is 4.79 Å². The Kier molecular flexibility index (Phi) is 7.91. The molecule has 0 unspecified atom stereocenters. The molecule has 1 aromatic carbocycles. The third-order valence-electron chi connectivity index (χ3n) is 6.15. The fraction of sp³-hybridized carbons (Fsp3) is 0.400. The minimum atomic E-state index is -0.320. The van der Waals surface area contributed by atoms with E-state index in [4.69, 9.17) is 23.9 Å². The Balaban J connectivity index is 1.41. The monoisotopic (exact) mass is 498 g/mol. The lowest BCUT2D eigenvalue weighted by molar-refractivity contribution is 0.0854. The molecule has 0 saturated carbocycles. The van der Waals surface area contributed by atoms with Crippen molar-refractivity contribution >= 4 is 23.2 Å². The first-order chi connectivity index (χ1) is 17.0. The first-order valence-corrected chi connectivity index (χ1v) is 12.3. The van der Waals surface area contributed by atoms with Crippen LogP contribution in [0.15, 0.2) is 41.2 Å². The maximum Gasteiger partial charge on any atom is 0.410 e. The van der Waals surface area contributed by atoms with Gasteiger partial charge in [0.25, 0.3) is 0 Å². The van der Waals surface area contributed by atoms with Crippen LogP contribution in [0.2, 0.25) is 0 Å². The van der Waals surface area contributed by atoms with Gasteiger partial charge >= 0.3 is 6.09 Å². The zero-order valence-electron chi connectivity index (χ0n) is 20.4. The van der Waals surface area contributed by atoms with E-state index in [0.717, 1.165) is 48.7 Å². The topological polar surface area (TPSA) is 86.3 Å². The lowest BCUT2D eigenvalue weighted by atomic mass is 10.0. The number of pyridine rings is 1. The average molecular weight is 499 g/mol. The van der Waals surface area contributed by atoms with Crippen molar-refractivity contribution in [3.05, 3.63) is 46.9 Å². The van der Waals surface area contributed by atoms with Gasteiger partial charge in [-0.2, -0.15) is 0 Å². The number of rotatable bonds is 8. The Hall–Kier alpha value is -3.53. The molecule has 4 rings (SSSR count). The predicted octanol–water partition coefficient (Wildman–Crippen LogP) is 4.47. The molecule has 1 aliphatic heterocycles. The lowest BCUT2D eigenvalue weighted by Gasteiger charge is -2.36. The van der Waals surface area contributed by atoms with E-state index in [1.54, 1.807) is 38.8 Å². The number of piperidine rings is 1. The van der Waals surface area contributed by atoms with E-state index < -0.39 is 0 Å². The first kappa shape index (κ1) is 24.6. The quantitative estimate of drug-likeness (QED) is 0.450. The molecule has 0 atom stereocenters. The summed E-state index contributed by atoms with van der Waals surface area (Å²) in [6.07, 6.45) is 1.34. The van der Waals surface area contributed by atoms with Crippen molar-refractivity contribution in [1.82, 2.24) is 14.9 Å². The van der Waals surface area contributed by atoms with Crippen molar-refractivity contribution < 1.29 is 23.7 Å². The van der Waals surface area contributed by atoms with Crippen LogP contribution in [0.1, 0.15) is 18.5 Å². The van der Waals surface area contributed by atoms with Gasteiger partial charge in [0.15, 0.2) is 11.5 Å². The molecule has 0 bridgehead atoms. The number of methoxy groups -OCH3 is 3. The molecule has 0 spiro atoms. The molecule has 0 aliphatic carbocycles. The molecule has 2 aromatic heterocycles. The molecule has 3 aromatic rings. The van der Waals surface area contributed by atoms with E-state index in [1.165, 1.54) is 11.3 Å².